The second-order valence-corrected chi connectivity index (χ2v) is 2.71. The molecule has 0 spiro atoms. The summed E-state index contributed by atoms with van der Waals surface area (Å²) in [5.74, 6) is 0. The average Bonchev–Trinajstić information content (AvgIpc) is 1.89. The van der Waals surface area contributed by atoms with E-state index in [1.165, 1.54) is 0 Å². The molecular weight excluding hydrogens is 128 g/mol. The third kappa shape index (κ3) is 3.85. The minimum Gasteiger partial charge on any atom is -0.390 e. The lowest BCUT2D eigenvalue weighted by molar-refractivity contribution is 0.00923. The molecule has 0 unspecified atom stereocenters. The van der Waals surface area contributed by atoms with Gasteiger partial charge in [0.15, 0.2) is 0 Å². The molecule has 0 aliphatic heterocycles. The first-order valence-electron chi connectivity index (χ1n) is 4.08. The zero-order valence-corrected chi connectivity index (χ0v) is 6.88. The molecule has 0 saturated carbocycles. The van der Waals surface area contributed by atoms with Crippen LogP contribution in [0, 0.1) is 0 Å². The van der Waals surface area contributed by atoms with Crippen LogP contribution in [0.15, 0.2) is 0 Å². The molecule has 0 aromatic rings. The molecule has 62 valence electrons. The van der Waals surface area contributed by atoms with Crippen LogP contribution in [0.5, 0.6) is 0 Å². The molecule has 0 aliphatic carbocycles. The van der Waals surface area contributed by atoms with E-state index in [1.807, 2.05) is 13.8 Å². The van der Waals surface area contributed by atoms with Crippen molar-refractivity contribution in [1.82, 2.24) is 0 Å². The van der Waals surface area contributed by atoms with Gasteiger partial charge in [0.2, 0.25) is 0 Å². The Bertz CT molecular complexity index is 63.7. The lowest BCUT2D eigenvalue weighted by Crippen LogP contribution is -2.25. The lowest BCUT2D eigenvalue weighted by Gasteiger charge is -2.15. The van der Waals surface area contributed by atoms with E-state index in [0.717, 1.165) is 12.8 Å². The molecular formula is C8H18O2. The number of hydrogen-bond donors (Lipinski definition) is 2. The lowest BCUT2D eigenvalue weighted by atomic mass is 10.1. The number of aliphatic hydroxyl groups is 2. The molecule has 2 atom stereocenters. The van der Waals surface area contributed by atoms with Crippen molar-refractivity contribution in [3.8, 4) is 0 Å². The standard InChI is InChI=1S/C8H18O2/c1-3-5-7(9)8(10)6-4-2/h7-10H,3-6H2,1-2H3/t7-,8-/m1/s1. The molecule has 2 nitrogen and oxygen atoms in total. The molecule has 0 saturated heterocycles. The monoisotopic (exact) mass is 146 g/mol. The first kappa shape index (κ1) is 9.92. The summed E-state index contributed by atoms with van der Waals surface area (Å²) in [5.41, 5.74) is 0. The van der Waals surface area contributed by atoms with Crippen molar-refractivity contribution in [3.05, 3.63) is 0 Å². The molecule has 0 amide bonds. The Hall–Kier alpha value is -0.0800. The summed E-state index contributed by atoms with van der Waals surface area (Å²) < 4.78 is 0. The van der Waals surface area contributed by atoms with Crippen molar-refractivity contribution in [2.75, 3.05) is 0 Å². The molecule has 0 rings (SSSR count). The largest absolute Gasteiger partial charge is 0.390 e. The fraction of sp³-hybridized carbons (Fsp3) is 1.00. The number of rotatable bonds is 5. The summed E-state index contributed by atoms with van der Waals surface area (Å²) in [6.07, 6.45) is 2.27. The van der Waals surface area contributed by atoms with Gasteiger partial charge in [0.25, 0.3) is 0 Å². The van der Waals surface area contributed by atoms with Crippen LogP contribution >= 0.6 is 0 Å². The van der Waals surface area contributed by atoms with E-state index >= 15 is 0 Å². The van der Waals surface area contributed by atoms with Crippen LogP contribution in [-0.4, -0.2) is 22.4 Å². The van der Waals surface area contributed by atoms with E-state index in [-0.39, 0.29) is 0 Å². The van der Waals surface area contributed by atoms with Gasteiger partial charge < -0.3 is 10.2 Å². The highest BCUT2D eigenvalue weighted by Gasteiger charge is 2.12. The summed E-state index contributed by atoms with van der Waals surface area (Å²) in [6, 6.07) is 0. The molecule has 0 bridgehead atoms. The third-order valence-corrected chi connectivity index (χ3v) is 1.61. The molecule has 2 heteroatoms. The Morgan fingerprint density at radius 2 is 1.20 bits per heavy atom. The smallest absolute Gasteiger partial charge is 0.0799 e. The van der Waals surface area contributed by atoms with Crippen LogP contribution in [0.25, 0.3) is 0 Å². The Morgan fingerprint density at radius 3 is 1.40 bits per heavy atom. The van der Waals surface area contributed by atoms with Gasteiger partial charge in [-0.05, 0) is 12.8 Å². The Kier molecular flexibility index (Phi) is 5.64. The van der Waals surface area contributed by atoms with Crippen molar-refractivity contribution >= 4 is 0 Å². The van der Waals surface area contributed by atoms with Crippen LogP contribution in [0.1, 0.15) is 39.5 Å². The predicted octanol–water partition coefficient (Wildman–Crippen LogP) is 1.31. The maximum atomic E-state index is 9.20. The third-order valence-electron chi connectivity index (χ3n) is 1.61. The van der Waals surface area contributed by atoms with Crippen molar-refractivity contribution < 1.29 is 10.2 Å². The van der Waals surface area contributed by atoms with E-state index < -0.39 is 12.2 Å². The van der Waals surface area contributed by atoms with Crippen molar-refractivity contribution in [2.45, 2.75) is 51.7 Å². The van der Waals surface area contributed by atoms with Gasteiger partial charge in [0.1, 0.15) is 0 Å². The van der Waals surface area contributed by atoms with Gasteiger partial charge in [-0.25, -0.2) is 0 Å². The normalized spacial score (nSPS) is 16.8. The summed E-state index contributed by atoms with van der Waals surface area (Å²) >= 11 is 0. The summed E-state index contributed by atoms with van der Waals surface area (Å²) in [5, 5.41) is 18.4. The average molecular weight is 146 g/mol. The summed E-state index contributed by atoms with van der Waals surface area (Å²) in [6.45, 7) is 4.00. The van der Waals surface area contributed by atoms with E-state index in [1.54, 1.807) is 0 Å². The highest BCUT2D eigenvalue weighted by molar-refractivity contribution is 4.65. The van der Waals surface area contributed by atoms with Crippen LogP contribution in [0.3, 0.4) is 0 Å². The van der Waals surface area contributed by atoms with E-state index in [9.17, 15) is 10.2 Å². The summed E-state index contributed by atoms with van der Waals surface area (Å²) in [7, 11) is 0. The van der Waals surface area contributed by atoms with Crippen LogP contribution in [0.4, 0.5) is 0 Å². The van der Waals surface area contributed by atoms with Gasteiger partial charge in [-0.2, -0.15) is 0 Å². The van der Waals surface area contributed by atoms with Crippen LogP contribution in [-0.2, 0) is 0 Å². The molecule has 0 radical (unpaired) electrons. The molecule has 0 fully saturated rings. The molecule has 0 aromatic carbocycles. The van der Waals surface area contributed by atoms with Gasteiger partial charge in [0.05, 0.1) is 12.2 Å². The van der Waals surface area contributed by atoms with Gasteiger partial charge >= 0.3 is 0 Å². The highest BCUT2D eigenvalue weighted by Crippen LogP contribution is 2.06. The fourth-order valence-electron chi connectivity index (χ4n) is 0.976. The maximum Gasteiger partial charge on any atom is 0.0799 e. The minimum atomic E-state index is -0.509. The first-order valence-corrected chi connectivity index (χ1v) is 4.08. The molecule has 2 N–H and O–H groups in total. The highest BCUT2D eigenvalue weighted by atomic mass is 16.3. The van der Waals surface area contributed by atoms with Crippen molar-refractivity contribution in [1.29, 1.82) is 0 Å². The van der Waals surface area contributed by atoms with Crippen molar-refractivity contribution in [2.24, 2.45) is 0 Å². The predicted molar refractivity (Wildman–Crippen MR) is 41.8 cm³/mol. The Balaban J connectivity index is 3.38. The minimum absolute atomic E-state index is 0.509. The first-order chi connectivity index (χ1) is 4.72. The Morgan fingerprint density at radius 1 is 0.900 bits per heavy atom. The topological polar surface area (TPSA) is 40.5 Å². The Labute approximate surface area is 62.9 Å². The summed E-state index contributed by atoms with van der Waals surface area (Å²) in [4.78, 5) is 0. The number of aliphatic hydroxyl groups excluding tert-OH is 2. The molecule has 0 heterocycles. The van der Waals surface area contributed by atoms with E-state index in [4.69, 9.17) is 0 Å². The molecule has 10 heavy (non-hydrogen) atoms. The van der Waals surface area contributed by atoms with Gasteiger partial charge in [-0.1, -0.05) is 26.7 Å². The SMILES string of the molecule is CCC[C@@H](O)[C@H](O)CCC. The second-order valence-electron chi connectivity index (χ2n) is 2.71. The van der Waals surface area contributed by atoms with Crippen molar-refractivity contribution in [3.63, 3.8) is 0 Å². The van der Waals surface area contributed by atoms with Gasteiger partial charge in [-0.15, -0.1) is 0 Å². The van der Waals surface area contributed by atoms with Gasteiger partial charge in [0, 0.05) is 0 Å². The second kappa shape index (κ2) is 5.69. The van der Waals surface area contributed by atoms with Gasteiger partial charge in [-0.3, -0.25) is 0 Å². The molecule has 0 aromatic heterocycles. The quantitative estimate of drug-likeness (QED) is 0.614. The van der Waals surface area contributed by atoms with Crippen LogP contribution < -0.4 is 0 Å². The van der Waals surface area contributed by atoms with Crippen LogP contribution in [0.2, 0.25) is 0 Å². The zero-order chi connectivity index (χ0) is 7.98. The van der Waals surface area contributed by atoms with E-state index in [2.05, 4.69) is 0 Å². The zero-order valence-electron chi connectivity index (χ0n) is 6.88. The fourth-order valence-corrected chi connectivity index (χ4v) is 0.976. The van der Waals surface area contributed by atoms with E-state index in [0.29, 0.717) is 12.8 Å². The maximum absolute atomic E-state index is 9.20. The molecule has 0 aliphatic rings. The number of hydrogen-bond acceptors (Lipinski definition) is 2.